The Kier molecular flexibility index (Phi) is 4.31. The number of carbonyl (C=O) groups excluding carboxylic acids is 1. The molecule has 4 heteroatoms. The van der Waals surface area contributed by atoms with Gasteiger partial charge in [-0.15, -0.1) is 0 Å². The van der Waals surface area contributed by atoms with Crippen molar-refractivity contribution in [2.45, 2.75) is 26.6 Å². The van der Waals surface area contributed by atoms with Crippen LogP contribution < -0.4 is 4.74 Å². The lowest BCUT2D eigenvalue weighted by Gasteiger charge is -2.13. The summed E-state index contributed by atoms with van der Waals surface area (Å²) in [4.78, 5) is 11.5. The molecular formula is C12H16O4. The molecule has 0 aliphatic carbocycles. The molecule has 0 unspecified atom stereocenters. The van der Waals surface area contributed by atoms with Crippen LogP contribution in [0, 0.1) is 0 Å². The third-order valence-corrected chi connectivity index (χ3v) is 1.99. The van der Waals surface area contributed by atoms with Crippen molar-refractivity contribution < 1.29 is 19.4 Å². The fraction of sp³-hybridized carbons (Fsp3) is 0.417. The lowest BCUT2D eigenvalue weighted by Crippen LogP contribution is -2.11. The Bertz CT molecular complexity index is 371. The average molecular weight is 224 g/mol. The molecule has 88 valence electrons. The van der Waals surface area contributed by atoms with E-state index in [0.29, 0.717) is 16.9 Å². The van der Waals surface area contributed by atoms with Crippen LogP contribution in [0.3, 0.4) is 0 Å². The van der Waals surface area contributed by atoms with Crippen LogP contribution in [0.25, 0.3) is 0 Å². The molecule has 0 amide bonds. The van der Waals surface area contributed by atoms with E-state index in [1.165, 1.54) is 7.11 Å². The molecule has 0 heterocycles. The first kappa shape index (κ1) is 12.5. The molecule has 0 fully saturated rings. The summed E-state index contributed by atoms with van der Waals surface area (Å²) < 4.78 is 10.1. The van der Waals surface area contributed by atoms with Gasteiger partial charge in [0.15, 0.2) is 0 Å². The van der Waals surface area contributed by atoms with Crippen LogP contribution in [0.1, 0.15) is 29.8 Å². The Labute approximate surface area is 94.8 Å². The molecule has 0 aliphatic heterocycles. The van der Waals surface area contributed by atoms with Crippen molar-refractivity contribution in [2.75, 3.05) is 7.11 Å². The molecule has 0 spiro atoms. The molecule has 0 radical (unpaired) electrons. The molecule has 0 aromatic heterocycles. The summed E-state index contributed by atoms with van der Waals surface area (Å²) in [5.74, 6) is 0.00463. The quantitative estimate of drug-likeness (QED) is 0.792. The van der Waals surface area contributed by atoms with Crippen LogP contribution in [0.2, 0.25) is 0 Å². The summed E-state index contributed by atoms with van der Waals surface area (Å²) in [5.41, 5.74) is 0.985. The Morgan fingerprint density at radius 2 is 2.12 bits per heavy atom. The average Bonchev–Trinajstić information content (AvgIpc) is 2.28. The number of aliphatic hydroxyl groups excluding tert-OH is 1. The van der Waals surface area contributed by atoms with Gasteiger partial charge in [-0.05, 0) is 31.5 Å². The Hall–Kier alpha value is -1.55. The van der Waals surface area contributed by atoms with Gasteiger partial charge >= 0.3 is 5.97 Å². The number of hydrogen-bond acceptors (Lipinski definition) is 4. The predicted molar refractivity (Wildman–Crippen MR) is 59.5 cm³/mol. The van der Waals surface area contributed by atoms with E-state index in [2.05, 4.69) is 4.74 Å². The molecule has 0 bridgehead atoms. The number of hydrogen-bond donors (Lipinski definition) is 1. The second kappa shape index (κ2) is 5.51. The highest BCUT2D eigenvalue weighted by Crippen LogP contribution is 2.22. The summed E-state index contributed by atoms with van der Waals surface area (Å²) in [7, 11) is 1.31. The monoisotopic (exact) mass is 224 g/mol. The first-order valence-electron chi connectivity index (χ1n) is 5.07. The Morgan fingerprint density at radius 3 is 2.62 bits per heavy atom. The van der Waals surface area contributed by atoms with E-state index in [1.807, 2.05) is 13.8 Å². The maximum Gasteiger partial charge on any atom is 0.341 e. The molecule has 1 rings (SSSR count). The van der Waals surface area contributed by atoms with Gasteiger partial charge in [0, 0.05) is 0 Å². The van der Waals surface area contributed by atoms with Crippen LogP contribution in [0.4, 0.5) is 0 Å². The van der Waals surface area contributed by atoms with E-state index in [1.54, 1.807) is 18.2 Å². The molecule has 0 saturated carbocycles. The summed E-state index contributed by atoms with van der Waals surface area (Å²) in [6, 6.07) is 4.95. The summed E-state index contributed by atoms with van der Waals surface area (Å²) in [6.45, 7) is 3.63. The summed E-state index contributed by atoms with van der Waals surface area (Å²) in [5, 5.41) is 9.00. The molecule has 1 aromatic carbocycles. The van der Waals surface area contributed by atoms with Crippen molar-refractivity contribution in [1.29, 1.82) is 0 Å². The predicted octanol–water partition coefficient (Wildman–Crippen LogP) is 1.75. The van der Waals surface area contributed by atoms with E-state index in [-0.39, 0.29) is 12.7 Å². The van der Waals surface area contributed by atoms with Crippen molar-refractivity contribution in [3.05, 3.63) is 29.3 Å². The van der Waals surface area contributed by atoms with Crippen LogP contribution in [-0.2, 0) is 11.3 Å². The van der Waals surface area contributed by atoms with Crippen LogP contribution in [-0.4, -0.2) is 24.3 Å². The maximum atomic E-state index is 11.5. The summed E-state index contributed by atoms with van der Waals surface area (Å²) in [6.07, 6.45) is -0.0246. The minimum atomic E-state index is -0.467. The lowest BCUT2D eigenvalue weighted by atomic mass is 10.1. The minimum Gasteiger partial charge on any atom is -0.490 e. The second-order valence-corrected chi connectivity index (χ2v) is 3.65. The van der Waals surface area contributed by atoms with Gasteiger partial charge in [0.2, 0.25) is 0 Å². The maximum absolute atomic E-state index is 11.5. The SMILES string of the molecule is COC(=O)c1cc(CO)ccc1OC(C)C. The first-order chi connectivity index (χ1) is 7.58. The van der Waals surface area contributed by atoms with Crippen molar-refractivity contribution in [3.63, 3.8) is 0 Å². The smallest absolute Gasteiger partial charge is 0.341 e. The standard InChI is InChI=1S/C12H16O4/c1-8(2)16-11-5-4-9(7-13)6-10(11)12(14)15-3/h4-6,8,13H,7H2,1-3H3. The van der Waals surface area contributed by atoms with Gasteiger partial charge in [0.25, 0.3) is 0 Å². The Balaban J connectivity index is 3.11. The van der Waals surface area contributed by atoms with Crippen molar-refractivity contribution in [3.8, 4) is 5.75 Å². The molecule has 0 saturated heterocycles. The number of methoxy groups -OCH3 is 1. The largest absolute Gasteiger partial charge is 0.490 e. The zero-order valence-corrected chi connectivity index (χ0v) is 9.69. The van der Waals surface area contributed by atoms with Crippen LogP contribution >= 0.6 is 0 Å². The van der Waals surface area contributed by atoms with E-state index in [0.717, 1.165) is 0 Å². The summed E-state index contributed by atoms with van der Waals surface area (Å²) >= 11 is 0. The zero-order valence-electron chi connectivity index (χ0n) is 9.69. The van der Waals surface area contributed by atoms with Crippen molar-refractivity contribution >= 4 is 5.97 Å². The number of carbonyl (C=O) groups is 1. The lowest BCUT2D eigenvalue weighted by molar-refractivity contribution is 0.0594. The molecule has 1 N–H and O–H groups in total. The first-order valence-corrected chi connectivity index (χ1v) is 5.07. The van der Waals surface area contributed by atoms with E-state index < -0.39 is 5.97 Å². The number of esters is 1. The normalized spacial score (nSPS) is 10.3. The molecule has 1 aromatic rings. The minimum absolute atomic E-state index is 0.0246. The fourth-order valence-corrected chi connectivity index (χ4v) is 1.30. The van der Waals surface area contributed by atoms with Gasteiger partial charge in [0.1, 0.15) is 11.3 Å². The van der Waals surface area contributed by atoms with Gasteiger partial charge in [-0.1, -0.05) is 6.07 Å². The second-order valence-electron chi connectivity index (χ2n) is 3.65. The van der Waals surface area contributed by atoms with Crippen molar-refractivity contribution in [2.24, 2.45) is 0 Å². The third kappa shape index (κ3) is 2.97. The highest BCUT2D eigenvalue weighted by atomic mass is 16.5. The number of rotatable bonds is 4. The van der Waals surface area contributed by atoms with Crippen LogP contribution in [0.5, 0.6) is 5.75 Å². The van der Waals surface area contributed by atoms with Gasteiger partial charge in [-0.25, -0.2) is 4.79 Å². The van der Waals surface area contributed by atoms with E-state index in [9.17, 15) is 4.79 Å². The van der Waals surface area contributed by atoms with Gasteiger partial charge in [0.05, 0.1) is 19.8 Å². The number of ether oxygens (including phenoxy) is 2. The fourth-order valence-electron chi connectivity index (χ4n) is 1.30. The number of benzene rings is 1. The molecule has 16 heavy (non-hydrogen) atoms. The molecule has 0 atom stereocenters. The molecule has 0 aliphatic rings. The highest BCUT2D eigenvalue weighted by Gasteiger charge is 2.14. The van der Waals surface area contributed by atoms with Gasteiger partial charge in [-0.2, -0.15) is 0 Å². The third-order valence-electron chi connectivity index (χ3n) is 1.99. The topological polar surface area (TPSA) is 55.8 Å². The van der Waals surface area contributed by atoms with Gasteiger partial charge < -0.3 is 14.6 Å². The Morgan fingerprint density at radius 1 is 1.44 bits per heavy atom. The van der Waals surface area contributed by atoms with Crippen LogP contribution in [0.15, 0.2) is 18.2 Å². The van der Waals surface area contributed by atoms with Crippen molar-refractivity contribution in [1.82, 2.24) is 0 Å². The van der Waals surface area contributed by atoms with Gasteiger partial charge in [-0.3, -0.25) is 0 Å². The highest BCUT2D eigenvalue weighted by molar-refractivity contribution is 5.92. The molecule has 4 nitrogen and oxygen atoms in total. The number of aliphatic hydroxyl groups is 1. The van der Waals surface area contributed by atoms with E-state index in [4.69, 9.17) is 9.84 Å². The zero-order chi connectivity index (χ0) is 12.1. The molecular weight excluding hydrogens is 208 g/mol. The van der Waals surface area contributed by atoms with E-state index >= 15 is 0 Å².